The summed E-state index contributed by atoms with van der Waals surface area (Å²) in [5, 5.41) is 16.6. The first-order chi connectivity index (χ1) is 33.4. The summed E-state index contributed by atoms with van der Waals surface area (Å²) in [5.74, 6) is 0.547. The number of hydrogen-bond donors (Lipinski definition) is 3. The molecule has 6 aliphatic rings. The lowest BCUT2D eigenvalue weighted by molar-refractivity contribution is -0.136. The molecule has 17 heteroatoms. The summed E-state index contributed by atoms with van der Waals surface area (Å²) in [5.41, 5.74) is 9.73. The summed E-state index contributed by atoms with van der Waals surface area (Å²) in [6.07, 6.45) is 9.89. The van der Waals surface area contributed by atoms with Crippen LogP contribution in [0.25, 0.3) is 11.1 Å². The number of methoxy groups -OCH3 is 1. The van der Waals surface area contributed by atoms with E-state index in [0.717, 1.165) is 86.5 Å². The minimum Gasteiger partial charge on any atom is -0.480 e. The van der Waals surface area contributed by atoms with Gasteiger partial charge in [-0.25, -0.2) is 15.0 Å². The number of hydrogen-bond acceptors (Lipinski definition) is 13. The summed E-state index contributed by atoms with van der Waals surface area (Å²) in [4.78, 5) is 76.4. The fourth-order valence-corrected chi connectivity index (χ4v) is 11.8. The molecular formula is C52H59N11O6. The van der Waals surface area contributed by atoms with Gasteiger partial charge >= 0.3 is 0 Å². The maximum atomic E-state index is 14.0. The summed E-state index contributed by atoms with van der Waals surface area (Å²) >= 11 is 0. The summed E-state index contributed by atoms with van der Waals surface area (Å²) in [6.45, 7) is 12.6. The molecule has 69 heavy (non-hydrogen) atoms. The number of imide groups is 1. The molecule has 0 radical (unpaired) electrons. The smallest absolute Gasteiger partial charge is 0.276 e. The number of anilines is 5. The van der Waals surface area contributed by atoms with E-state index < -0.39 is 11.9 Å². The predicted octanol–water partition coefficient (Wildman–Crippen LogP) is 5.31. The number of carbonyl (C=O) groups is 4. The van der Waals surface area contributed by atoms with Crippen LogP contribution < -0.4 is 30.1 Å². The van der Waals surface area contributed by atoms with Crippen LogP contribution in [0.4, 0.5) is 28.7 Å². The Morgan fingerprint density at radius 3 is 2.41 bits per heavy atom. The first-order valence-corrected chi connectivity index (χ1v) is 24.3. The van der Waals surface area contributed by atoms with Crippen LogP contribution in [0, 0.1) is 5.41 Å². The number of aromatic nitrogens is 4. The molecule has 11 rings (SSSR count). The van der Waals surface area contributed by atoms with Gasteiger partial charge in [0.1, 0.15) is 29.1 Å². The van der Waals surface area contributed by atoms with Gasteiger partial charge in [0.25, 0.3) is 11.8 Å². The summed E-state index contributed by atoms with van der Waals surface area (Å²) in [7, 11) is 1.58. The van der Waals surface area contributed by atoms with E-state index in [2.05, 4.69) is 72.8 Å². The standard InChI is InChI=1S/C52H59N11O6/c1-31-28-59(35-12-15-58(16-13-35)36-5-7-39-34(21-36)29-63(50(39)67)42-8-10-46(65)57-48(42)66)17-18-60(31)37-6-9-45(54-27-37)56-41-22-33(26-55-49(41)69-4)38-11-14-53-47(40(38)30-64)62-20-19-61-43(51(62)68)23-32-24-52(2,3)25-44(32)61/h5-7,9,11,14,21-23,26-27,31,35,42,64H,8,10,12-13,15-20,24-25,28-30H2,1-4H3,(H,54,56)(H,57,65,66)/t31-,42-/m0/s1. The number of amides is 4. The van der Waals surface area contributed by atoms with Crippen molar-refractivity contribution in [2.45, 2.75) is 97.1 Å². The maximum absolute atomic E-state index is 14.0. The van der Waals surface area contributed by atoms with Crippen molar-refractivity contribution in [3.63, 3.8) is 0 Å². The average molecular weight is 934 g/mol. The van der Waals surface area contributed by atoms with Gasteiger partial charge in [-0.05, 0) is 110 Å². The molecule has 0 saturated carbocycles. The second kappa shape index (κ2) is 17.6. The van der Waals surface area contributed by atoms with Gasteiger partial charge < -0.3 is 34.4 Å². The van der Waals surface area contributed by atoms with Gasteiger partial charge in [0.15, 0.2) is 0 Å². The van der Waals surface area contributed by atoms with Crippen LogP contribution in [0.1, 0.15) is 89.7 Å². The van der Waals surface area contributed by atoms with Gasteiger partial charge in [-0.1, -0.05) is 13.8 Å². The number of nitrogens with zero attached hydrogens (tertiary/aromatic N) is 9. The second-order valence-electron chi connectivity index (χ2n) is 20.3. The molecular weight excluding hydrogens is 875 g/mol. The zero-order valence-corrected chi connectivity index (χ0v) is 39.7. The topological polar surface area (TPSA) is 182 Å². The summed E-state index contributed by atoms with van der Waals surface area (Å²) < 4.78 is 7.85. The van der Waals surface area contributed by atoms with Crippen molar-refractivity contribution < 1.29 is 29.0 Å². The second-order valence-corrected chi connectivity index (χ2v) is 20.3. The Hall–Kier alpha value is -6.85. The van der Waals surface area contributed by atoms with Crippen LogP contribution >= 0.6 is 0 Å². The van der Waals surface area contributed by atoms with Gasteiger partial charge in [-0.15, -0.1) is 0 Å². The van der Waals surface area contributed by atoms with Gasteiger partial charge in [-0.3, -0.25) is 34.3 Å². The van der Waals surface area contributed by atoms with Gasteiger partial charge in [0, 0.05) is 111 Å². The Kier molecular flexibility index (Phi) is 11.4. The molecule has 3 N–H and O–H groups in total. The number of ether oxygens (including phenoxy) is 1. The van der Waals surface area contributed by atoms with Crippen LogP contribution in [0.2, 0.25) is 0 Å². The number of benzene rings is 1. The zero-order chi connectivity index (χ0) is 47.7. The molecule has 0 spiro atoms. The number of aliphatic hydroxyl groups excluding tert-OH is 1. The van der Waals surface area contributed by atoms with E-state index in [1.165, 1.54) is 11.3 Å². The van der Waals surface area contributed by atoms with E-state index in [1.807, 2.05) is 42.6 Å². The fraction of sp³-hybridized carbons (Fsp3) is 0.442. The molecule has 1 aliphatic carbocycles. The lowest BCUT2D eigenvalue weighted by Gasteiger charge is -2.46. The first-order valence-electron chi connectivity index (χ1n) is 24.3. The lowest BCUT2D eigenvalue weighted by Crippen LogP contribution is -2.57. The van der Waals surface area contributed by atoms with Crippen molar-refractivity contribution in [2.24, 2.45) is 5.41 Å². The van der Waals surface area contributed by atoms with Crippen molar-refractivity contribution in [3.8, 4) is 17.0 Å². The molecule has 2 atom stereocenters. The maximum Gasteiger partial charge on any atom is 0.276 e. The molecule has 358 valence electrons. The van der Waals surface area contributed by atoms with Crippen LogP contribution in [-0.4, -0.2) is 123 Å². The largest absolute Gasteiger partial charge is 0.480 e. The third-order valence-electron chi connectivity index (χ3n) is 15.3. The predicted molar refractivity (Wildman–Crippen MR) is 261 cm³/mol. The van der Waals surface area contributed by atoms with Gasteiger partial charge in [-0.2, -0.15) is 0 Å². The first kappa shape index (κ1) is 44.6. The number of aliphatic hydroxyl groups is 1. The Balaban J connectivity index is 0.712. The number of piperazine rings is 1. The minimum atomic E-state index is -0.615. The number of nitrogens with one attached hydrogen (secondary N) is 2. The Morgan fingerprint density at radius 1 is 0.826 bits per heavy atom. The van der Waals surface area contributed by atoms with Crippen LogP contribution in [-0.2, 0) is 42.1 Å². The number of fused-ring (bicyclic) bond motifs is 4. The van der Waals surface area contributed by atoms with E-state index >= 15 is 0 Å². The van der Waals surface area contributed by atoms with Crippen molar-refractivity contribution in [2.75, 3.05) is 66.4 Å². The van der Waals surface area contributed by atoms with Crippen molar-refractivity contribution in [1.29, 1.82) is 0 Å². The molecule has 0 unspecified atom stereocenters. The molecule has 9 heterocycles. The third-order valence-corrected chi connectivity index (χ3v) is 15.3. The van der Waals surface area contributed by atoms with Crippen LogP contribution in [0.15, 0.2) is 67.1 Å². The van der Waals surface area contributed by atoms with E-state index in [-0.39, 0.29) is 42.2 Å². The lowest BCUT2D eigenvalue weighted by atomic mass is 9.90. The minimum absolute atomic E-state index is 0.108. The molecule has 5 aromatic rings. The molecule has 5 aliphatic heterocycles. The molecule has 17 nitrogen and oxygen atoms in total. The molecule has 4 aromatic heterocycles. The van der Waals surface area contributed by atoms with Crippen LogP contribution in [0.3, 0.4) is 0 Å². The monoisotopic (exact) mass is 933 g/mol. The summed E-state index contributed by atoms with van der Waals surface area (Å²) in [6, 6.07) is 16.1. The van der Waals surface area contributed by atoms with Crippen molar-refractivity contribution >= 4 is 52.3 Å². The number of piperidine rings is 2. The van der Waals surface area contributed by atoms with E-state index in [9.17, 15) is 24.3 Å². The fourth-order valence-electron chi connectivity index (χ4n) is 11.8. The average Bonchev–Trinajstić information content (AvgIpc) is 3.97. The van der Waals surface area contributed by atoms with E-state index in [4.69, 9.17) is 9.72 Å². The number of rotatable bonds is 10. The van der Waals surface area contributed by atoms with Crippen LogP contribution in [0.5, 0.6) is 5.88 Å². The Bertz CT molecular complexity index is 2870. The zero-order valence-electron chi connectivity index (χ0n) is 39.7. The van der Waals surface area contributed by atoms with E-state index in [0.29, 0.717) is 72.1 Å². The third kappa shape index (κ3) is 8.14. The quantitative estimate of drug-likeness (QED) is 0.154. The van der Waals surface area contributed by atoms with E-state index in [1.54, 1.807) is 29.3 Å². The van der Waals surface area contributed by atoms with Crippen molar-refractivity contribution in [1.82, 2.24) is 34.6 Å². The molecule has 3 fully saturated rings. The highest BCUT2D eigenvalue weighted by atomic mass is 16.5. The highest BCUT2D eigenvalue weighted by Gasteiger charge is 2.41. The molecule has 3 saturated heterocycles. The molecule has 0 bridgehead atoms. The molecule has 1 aromatic carbocycles. The highest BCUT2D eigenvalue weighted by molar-refractivity contribution is 6.07. The highest BCUT2D eigenvalue weighted by Crippen LogP contribution is 2.41. The Morgan fingerprint density at radius 2 is 1.65 bits per heavy atom. The van der Waals surface area contributed by atoms with Crippen molar-refractivity contribution in [3.05, 3.63) is 101 Å². The number of carbonyl (C=O) groups excluding carboxylic acids is 4. The molecule has 4 amide bonds. The van der Waals surface area contributed by atoms with Gasteiger partial charge in [0.05, 0.1) is 25.6 Å². The normalized spacial score (nSPS) is 21.6. The SMILES string of the molecule is COc1ncc(-c2ccnc(N3CCn4c(cc5c4CC(C)(C)C5)C3=O)c2CO)cc1Nc1ccc(N2CCN(C3CCN(c4ccc5c(c4)CN([C@H]4CCC(=O)NC4=O)C5=O)CC3)C[C@@H]2C)cn1. The number of pyridine rings is 3. The van der Waals surface area contributed by atoms with Gasteiger partial charge in [0.2, 0.25) is 17.7 Å². The Labute approximate surface area is 401 Å².